The fourth-order valence-corrected chi connectivity index (χ4v) is 0.640. The van der Waals surface area contributed by atoms with Crippen LogP contribution in [0.5, 0.6) is 0 Å². The summed E-state index contributed by atoms with van der Waals surface area (Å²) < 4.78 is 13.6. The van der Waals surface area contributed by atoms with Gasteiger partial charge in [-0.2, -0.15) is 0 Å². The minimum atomic E-state index is -0.360. The lowest BCUT2D eigenvalue weighted by atomic mass is 10.4. The van der Waals surface area contributed by atoms with E-state index in [2.05, 4.69) is 0 Å². The van der Waals surface area contributed by atoms with Crippen molar-refractivity contribution in [1.82, 2.24) is 4.57 Å². The standard InChI is InChI=1S/C6H8FN/c1-8-3-2-6(4-7)5-8/h2-3,5H,4H2,1H3. The fourth-order valence-electron chi connectivity index (χ4n) is 0.640. The van der Waals surface area contributed by atoms with Crippen LogP contribution in [0.1, 0.15) is 5.56 Å². The first-order chi connectivity index (χ1) is 3.83. The van der Waals surface area contributed by atoms with Gasteiger partial charge in [-0.1, -0.05) is 0 Å². The van der Waals surface area contributed by atoms with Crippen LogP contribution in [0.15, 0.2) is 18.5 Å². The van der Waals surface area contributed by atoms with Gasteiger partial charge in [0.25, 0.3) is 0 Å². The van der Waals surface area contributed by atoms with E-state index in [-0.39, 0.29) is 6.67 Å². The second kappa shape index (κ2) is 1.99. The Morgan fingerprint density at radius 2 is 2.50 bits per heavy atom. The Bertz CT molecular complexity index is 169. The monoisotopic (exact) mass is 113 g/mol. The average molecular weight is 113 g/mol. The molecular weight excluding hydrogens is 105 g/mol. The zero-order valence-corrected chi connectivity index (χ0v) is 4.76. The van der Waals surface area contributed by atoms with Gasteiger partial charge < -0.3 is 4.57 Å². The van der Waals surface area contributed by atoms with Gasteiger partial charge in [0.1, 0.15) is 6.67 Å². The van der Waals surface area contributed by atoms with Crippen LogP contribution in [0.25, 0.3) is 0 Å². The molecular formula is C6H8FN. The van der Waals surface area contributed by atoms with Gasteiger partial charge in [0.2, 0.25) is 0 Å². The van der Waals surface area contributed by atoms with Crippen molar-refractivity contribution in [2.45, 2.75) is 6.67 Å². The van der Waals surface area contributed by atoms with Crippen LogP contribution in [-0.2, 0) is 13.7 Å². The van der Waals surface area contributed by atoms with Crippen LogP contribution < -0.4 is 0 Å². The van der Waals surface area contributed by atoms with E-state index < -0.39 is 0 Å². The molecule has 1 aromatic rings. The van der Waals surface area contributed by atoms with Crippen molar-refractivity contribution in [3.05, 3.63) is 24.0 Å². The molecule has 0 unspecified atom stereocenters. The molecule has 0 spiro atoms. The van der Waals surface area contributed by atoms with Crippen molar-refractivity contribution >= 4 is 0 Å². The molecule has 0 aliphatic heterocycles. The largest absolute Gasteiger partial charge is 0.357 e. The van der Waals surface area contributed by atoms with Gasteiger partial charge >= 0.3 is 0 Å². The highest BCUT2D eigenvalue weighted by Crippen LogP contribution is 1.99. The number of halogens is 1. The molecule has 1 aromatic heterocycles. The molecule has 1 heterocycles. The minimum Gasteiger partial charge on any atom is -0.357 e. The summed E-state index contributed by atoms with van der Waals surface area (Å²) in [6, 6.07) is 1.76. The zero-order valence-electron chi connectivity index (χ0n) is 4.76. The molecule has 8 heavy (non-hydrogen) atoms. The quantitative estimate of drug-likeness (QED) is 0.520. The van der Waals surface area contributed by atoms with Crippen LogP contribution in [0.4, 0.5) is 4.39 Å². The third-order valence-corrected chi connectivity index (χ3v) is 1.05. The Kier molecular flexibility index (Phi) is 1.33. The van der Waals surface area contributed by atoms with Crippen LogP contribution >= 0.6 is 0 Å². The fraction of sp³-hybridized carbons (Fsp3) is 0.333. The van der Waals surface area contributed by atoms with Gasteiger partial charge in [-0.15, -0.1) is 0 Å². The van der Waals surface area contributed by atoms with E-state index in [0.29, 0.717) is 0 Å². The SMILES string of the molecule is Cn1ccc(CF)c1. The lowest BCUT2D eigenvalue weighted by Crippen LogP contribution is -1.78. The van der Waals surface area contributed by atoms with Gasteiger partial charge in [-0.25, -0.2) is 4.39 Å². The van der Waals surface area contributed by atoms with Crippen molar-refractivity contribution in [3.63, 3.8) is 0 Å². The van der Waals surface area contributed by atoms with E-state index in [1.807, 2.05) is 17.8 Å². The Morgan fingerprint density at radius 1 is 1.75 bits per heavy atom. The van der Waals surface area contributed by atoms with E-state index in [9.17, 15) is 4.39 Å². The van der Waals surface area contributed by atoms with Crippen molar-refractivity contribution in [2.75, 3.05) is 0 Å². The third kappa shape index (κ3) is 0.886. The Hall–Kier alpha value is -0.790. The maximum Gasteiger partial charge on any atom is 0.116 e. The highest BCUT2D eigenvalue weighted by molar-refractivity contribution is 5.07. The van der Waals surface area contributed by atoms with Gasteiger partial charge in [0, 0.05) is 25.0 Å². The molecule has 0 N–H and O–H groups in total. The van der Waals surface area contributed by atoms with Crippen LogP contribution in [0, 0.1) is 0 Å². The third-order valence-electron chi connectivity index (χ3n) is 1.05. The summed E-state index contributed by atoms with van der Waals surface area (Å²) in [5, 5.41) is 0. The molecule has 0 bridgehead atoms. The number of aromatic nitrogens is 1. The number of alkyl halides is 1. The summed E-state index contributed by atoms with van der Waals surface area (Å²) in [6.07, 6.45) is 3.59. The molecule has 1 nitrogen and oxygen atoms in total. The van der Waals surface area contributed by atoms with Crippen molar-refractivity contribution in [1.29, 1.82) is 0 Å². The van der Waals surface area contributed by atoms with E-state index in [1.165, 1.54) is 0 Å². The summed E-state index contributed by atoms with van der Waals surface area (Å²) in [5.74, 6) is 0. The second-order valence-corrected chi connectivity index (χ2v) is 1.82. The first-order valence-corrected chi connectivity index (χ1v) is 2.50. The van der Waals surface area contributed by atoms with Crippen molar-refractivity contribution in [2.24, 2.45) is 7.05 Å². The molecule has 2 heteroatoms. The smallest absolute Gasteiger partial charge is 0.116 e. The Labute approximate surface area is 47.7 Å². The maximum absolute atomic E-state index is 11.7. The minimum absolute atomic E-state index is 0.360. The van der Waals surface area contributed by atoms with Gasteiger partial charge in [-0.3, -0.25) is 0 Å². The molecule has 0 fully saturated rings. The first kappa shape index (κ1) is 5.35. The predicted octanol–water partition coefficient (Wildman–Crippen LogP) is 1.49. The number of rotatable bonds is 1. The zero-order chi connectivity index (χ0) is 5.98. The first-order valence-electron chi connectivity index (χ1n) is 2.50. The molecule has 0 atom stereocenters. The molecule has 0 saturated carbocycles. The summed E-state index contributed by atoms with van der Waals surface area (Å²) in [7, 11) is 1.87. The topological polar surface area (TPSA) is 4.93 Å². The predicted molar refractivity (Wildman–Crippen MR) is 30.2 cm³/mol. The Balaban J connectivity index is 2.84. The van der Waals surface area contributed by atoms with E-state index in [4.69, 9.17) is 0 Å². The van der Waals surface area contributed by atoms with E-state index in [0.717, 1.165) is 5.56 Å². The lowest BCUT2D eigenvalue weighted by molar-refractivity contribution is 0.485. The number of hydrogen-bond donors (Lipinski definition) is 0. The Morgan fingerprint density at radius 3 is 2.75 bits per heavy atom. The van der Waals surface area contributed by atoms with Crippen LogP contribution in [0.3, 0.4) is 0 Å². The molecule has 0 aromatic carbocycles. The maximum atomic E-state index is 11.7. The van der Waals surface area contributed by atoms with Crippen molar-refractivity contribution in [3.8, 4) is 0 Å². The van der Waals surface area contributed by atoms with Crippen LogP contribution in [-0.4, -0.2) is 4.57 Å². The van der Waals surface area contributed by atoms with Gasteiger partial charge in [0.05, 0.1) is 0 Å². The number of aryl methyl sites for hydroxylation is 1. The summed E-state index contributed by atoms with van der Waals surface area (Å²) in [6.45, 7) is -0.360. The molecule has 0 amide bonds. The van der Waals surface area contributed by atoms with E-state index >= 15 is 0 Å². The highest BCUT2D eigenvalue weighted by atomic mass is 19.1. The molecule has 0 saturated heterocycles. The summed E-state index contributed by atoms with van der Waals surface area (Å²) in [4.78, 5) is 0. The molecule has 1 rings (SSSR count). The summed E-state index contributed by atoms with van der Waals surface area (Å²) >= 11 is 0. The molecule has 0 aliphatic carbocycles. The molecule has 44 valence electrons. The van der Waals surface area contributed by atoms with Gasteiger partial charge in [0.15, 0.2) is 0 Å². The second-order valence-electron chi connectivity index (χ2n) is 1.82. The summed E-state index contributed by atoms with van der Waals surface area (Å²) in [5.41, 5.74) is 0.743. The van der Waals surface area contributed by atoms with E-state index in [1.54, 1.807) is 12.3 Å². The normalized spacial score (nSPS) is 9.75. The average Bonchev–Trinajstić information content (AvgIpc) is 2.14. The number of hydrogen-bond acceptors (Lipinski definition) is 0. The van der Waals surface area contributed by atoms with Crippen LogP contribution in [0.2, 0.25) is 0 Å². The number of nitrogens with zero attached hydrogens (tertiary/aromatic N) is 1. The van der Waals surface area contributed by atoms with Gasteiger partial charge in [-0.05, 0) is 6.07 Å². The molecule has 0 radical (unpaired) electrons. The van der Waals surface area contributed by atoms with Crippen molar-refractivity contribution < 1.29 is 4.39 Å². The molecule has 0 aliphatic rings. The lowest BCUT2D eigenvalue weighted by Gasteiger charge is -1.82. The highest BCUT2D eigenvalue weighted by Gasteiger charge is 1.88.